The van der Waals surface area contributed by atoms with Crippen molar-refractivity contribution >= 4 is 11.9 Å². The Balaban J connectivity index is 2.74. The molecule has 0 aliphatic heterocycles. The first kappa shape index (κ1) is 15.1. The molecule has 1 amide bonds. The van der Waals surface area contributed by atoms with Crippen molar-refractivity contribution in [3.05, 3.63) is 29.6 Å². The number of primary amides is 1. The van der Waals surface area contributed by atoms with Gasteiger partial charge in [0.05, 0.1) is 24.9 Å². The summed E-state index contributed by atoms with van der Waals surface area (Å²) in [5, 5.41) is 0. The van der Waals surface area contributed by atoms with E-state index < -0.39 is 5.97 Å². The molecule has 0 saturated carbocycles. The monoisotopic (exact) mass is 265 g/mol. The van der Waals surface area contributed by atoms with Gasteiger partial charge in [-0.15, -0.1) is 0 Å². The molecule has 0 unspecified atom stereocenters. The van der Waals surface area contributed by atoms with E-state index in [1.807, 2.05) is 18.7 Å². The van der Waals surface area contributed by atoms with Crippen molar-refractivity contribution in [1.29, 1.82) is 0 Å². The van der Waals surface area contributed by atoms with Gasteiger partial charge in [0.25, 0.3) is 0 Å². The van der Waals surface area contributed by atoms with E-state index in [1.54, 1.807) is 12.1 Å². The standard InChI is InChI=1S/C13H19N3O3/c1-9(2)16(8-12(14)17)7-11-5-4-10(6-15-11)13(18)19-3/h4-6,9H,7-8H2,1-3H3,(H2,14,17). The van der Waals surface area contributed by atoms with Crippen LogP contribution in [0.25, 0.3) is 0 Å². The van der Waals surface area contributed by atoms with Crippen molar-refractivity contribution in [1.82, 2.24) is 9.88 Å². The van der Waals surface area contributed by atoms with Crippen molar-refractivity contribution in [2.24, 2.45) is 5.73 Å². The molecule has 1 aromatic heterocycles. The van der Waals surface area contributed by atoms with E-state index in [2.05, 4.69) is 9.72 Å². The zero-order valence-corrected chi connectivity index (χ0v) is 11.4. The second kappa shape index (κ2) is 6.84. The largest absolute Gasteiger partial charge is 0.465 e. The van der Waals surface area contributed by atoms with Crippen LogP contribution in [0.2, 0.25) is 0 Å². The lowest BCUT2D eigenvalue weighted by atomic mass is 10.2. The summed E-state index contributed by atoms with van der Waals surface area (Å²) in [7, 11) is 1.32. The maximum Gasteiger partial charge on any atom is 0.339 e. The molecule has 1 heterocycles. The first-order valence-corrected chi connectivity index (χ1v) is 5.99. The number of hydrogen-bond donors (Lipinski definition) is 1. The van der Waals surface area contributed by atoms with Gasteiger partial charge in [-0.05, 0) is 26.0 Å². The number of esters is 1. The highest BCUT2D eigenvalue weighted by atomic mass is 16.5. The second-order valence-corrected chi connectivity index (χ2v) is 4.49. The van der Waals surface area contributed by atoms with Gasteiger partial charge < -0.3 is 10.5 Å². The van der Waals surface area contributed by atoms with Crippen LogP contribution >= 0.6 is 0 Å². The number of amides is 1. The first-order valence-electron chi connectivity index (χ1n) is 5.99. The second-order valence-electron chi connectivity index (χ2n) is 4.49. The lowest BCUT2D eigenvalue weighted by Crippen LogP contribution is -2.38. The highest BCUT2D eigenvalue weighted by Crippen LogP contribution is 2.07. The molecule has 19 heavy (non-hydrogen) atoms. The molecule has 1 aromatic rings. The third-order valence-corrected chi connectivity index (χ3v) is 2.70. The van der Waals surface area contributed by atoms with E-state index in [-0.39, 0.29) is 18.5 Å². The fourth-order valence-corrected chi connectivity index (χ4v) is 1.59. The molecule has 2 N–H and O–H groups in total. The molecule has 0 spiro atoms. The summed E-state index contributed by atoms with van der Waals surface area (Å²) in [5.41, 5.74) is 6.37. The molecule has 6 nitrogen and oxygen atoms in total. The van der Waals surface area contributed by atoms with Gasteiger partial charge in [0.15, 0.2) is 0 Å². The lowest BCUT2D eigenvalue weighted by molar-refractivity contribution is -0.119. The van der Waals surface area contributed by atoms with Crippen LogP contribution in [0.5, 0.6) is 0 Å². The minimum atomic E-state index is -0.420. The summed E-state index contributed by atoms with van der Waals surface area (Å²) in [4.78, 5) is 28.3. The zero-order chi connectivity index (χ0) is 14.4. The van der Waals surface area contributed by atoms with E-state index in [0.29, 0.717) is 12.1 Å². The van der Waals surface area contributed by atoms with E-state index >= 15 is 0 Å². The minimum Gasteiger partial charge on any atom is -0.465 e. The number of nitrogens with two attached hydrogens (primary N) is 1. The number of methoxy groups -OCH3 is 1. The van der Waals surface area contributed by atoms with Crippen LogP contribution in [0.3, 0.4) is 0 Å². The Morgan fingerprint density at radius 1 is 1.42 bits per heavy atom. The molecule has 104 valence electrons. The Hall–Kier alpha value is -1.95. The third-order valence-electron chi connectivity index (χ3n) is 2.70. The predicted molar refractivity (Wildman–Crippen MR) is 70.3 cm³/mol. The summed E-state index contributed by atoms with van der Waals surface area (Å²) >= 11 is 0. The molecule has 0 atom stereocenters. The van der Waals surface area contributed by atoms with Crippen molar-refractivity contribution in [3.63, 3.8) is 0 Å². The summed E-state index contributed by atoms with van der Waals surface area (Å²) in [6.45, 7) is 4.64. The van der Waals surface area contributed by atoms with Gasteiger partial charge in [0.1, 0.15) is 0 Å². The molecule has 0 fully saturated rings. The summed E-state index contributed by atoms with van der Waals surface area (Å²) in [5.74, 6) is -0.795. The van der Waals surface area contributed by atoms with Gasteiger partial charge in [-0.2, -0.15) is 0 Å². The lowest BCUT2D eigenvalue weighted by Gasteiger charge is -2.24. The van der Waals surface area contributed by atoms with Gasteiger partial charge in [0, 0.05) is 18.8 Å². The van der Waals surface area contributed by atoms with Crippen LogP contribution in [-0.4, -0.2) is 41.5 Å². The number of carbonyl (C=O) groups excluding carboxylic acids is 2. The Morgan fingerprint density at radius 2 is 2.11 bits per heavy atom. The maximum atomic E-state index is 11.3. The average Bonchev–Trinajstić information content (AvgIpc) is 2.37. The highest BCUT2D eigenvalue weighted by Gasteiger charge is 2.14. The number of rotatable bonds is 6. The molecule has 0 aliphatic carbocycles. The van der Waals surface area contributed by atoms with Gasteiger partial charge in [-0.1, -0.05) is 0 Å². The van der Waals surface area contributed by atoms with E-state index in [0.717, 1.165) is 5.69 Å². The van der Waals surface area contributed by atoms with Crippen LogP contribution in [0.1, 0.15) is 29.9 Å². The maximum absolute atomic E-state index is 11.3. The smallest absolute Gasteiger partial charge is 0.339 e. The SMILES string of the molecule is COC(=O)c1ccc(CN(CC(N)=O)C(C)C)nc1. The van der Waals surface area contributed by atoms with Crippen LogP contribution in [0.15, 0.2) is 18.3 Å². The normalized spacial score (nSPS) is 10.8. The van der Waals surface area contributed by atoms with Gasteiger partial charge >= 0.3 is 5.97 Å². The number of carbonyl (C=O) groups is 2. The number of nitrogens with zero attached hydrogens (tertiary/aromatic N) is 2. The molecule has 0 bridgehead atoms. The van der Waals surface area contributed by atoms with Crippen LogP contribution in [-0.2, 0) is 16.1 Å². The number of aromatic nitrogens is 1. The molecule has 1 rings (SSSR count). The molecular formula is C13H19N3O3. The van der Waals surface area contributed by atoms with Crippen molar-refractivity contribution in [2.75, 3.05) is 13.7 Å². The molecular weight excluding hydrogens is 246 g/mol. The number of hydrogen-bond acceptors (Lipinski definition) is 5. The third kappa shape index (κ3) is 4.67. The fraction of sp³-hybridized carbons (Fsp3) is 0.462. The van der Waals surface area contributed by atoms with Crippen LogP contribution < -0.4 is 5.73 Å². The fourth-order valence-electron chi connectivity index (χ4n) is 1.59. The number of pyridine rings is 1. The van der Waals surface area contributed by atoms with Gasteiger partial charge in [0.2, 0.25) is 5.91 Å². The molecule has 0 aliphatic rings. The highest BCUT2D eigenvalue weighted by molar-refractivity contribution is 5.88. The average molecular weight is 265 g/mol. The van der Waals surface area contributed by atoms with E-state index in [4.69, 9.17) is 5.73 Å². The molecule has 0 aromatic carbocycles. The summed E-state index contributed by atoms with van der Waals surface area (Å²) in [6.07, 6.45) is 1.46. The number of ether oxygens (including phenoxy) is 1. The van der Waals surface area contributed by atoms with Gasteiger partial charge in [-0.3, -0.25) is 14.7 Å². The summed E-state index contributed by atoms with van der Waals surface area (Å²) < 4.78 is 4.60. The van der Waals surface area contributed by atoms with Crippen molar-refractivity contribution in [2.45, 2.75) is 26.4 Å². The van der Waals surface area contributed by atoms with Crippen molar-refractivity contribution in [3.8, 4) is 0 Å². The quantitative estimate of drug-likeness (QED) is 0.760. The topological polar surface area (TPSA) is 85.5 Å². The Labute approximate surface area is 112 Å². The van der Waals surface area contributed by atoms with Gasteiger partial charge in [-0.25, -0.2) is 4.79 Å². The molecule has 0 saturated heterocycles. The summed E-state index contributed by atoms with van der Waals surface area (Å²) in [6, 6.07) is 3.56. The first-order chi connectivity index (χ1) is 8.93. The molecule has 0 radical (unpaired) electrons. The van der Waals surface area contributed by atoms with Crippen LogP contribution in [0.4, 0.5) is 0 Å². The Bertz CT molecular complexity index is 443. The Morgan fingerprint density at radius 3 is 2.53 bits per heavy atom. The van der Waals surface area contributed by atoms with Crippen LogP contribution in [0, 0.1) is 0 Å². The molecule has 6 heteroatoms. The van der Waals surface area contributed by atoms with E-state index in [1.165, 1.54) is 13.3 Å². The zero-order valence-electron chi connectivity index (χ0n) is 11.4. The van der Waals surface area contributed by atoms with Crippen molar-refractivity contribution < 1.29 is 14.3 Å². The predicted octanol–water partition coefficient (Wildman–Crippen LogP) is 0.564. The van der Waals surface area contributed by atoms with E-state index in [9.17, 15) is 9.59 Å². The minimum absolute atomic E-state index is 0.176. The Kier molecular flexibility index (Phi) is 5.44.